The van der Waals surface area contributed by atoms with E-state index in [1.807, 2.05) is 20.2 Å². The Morgan fingerprint density at radius 2 is 2.24 bits per heavy atom. The number of likely N-dealkylation sites (N-methyl/N-ethyl adjacent to an activating group) is 2. The molecular formula is C13H21FN2O. The first-order valence-corrected chi connectivity index (χ1v) is 5.75. The minimum Gasteiger partial charge on any atom is -0.383 e. The molecule has 0 saturated carbocycles. The molecule has 0 aromatic heterocycles. The Morgan fingerprint density at radius 3 is 2.82 bits per heavy atom. The number of nitrogens with zero attached hydrogens (tertiary/aromatic N) is 1. The molecule has 0 aliphatic carbocycles. The van der Waals surface area contributed by atoms with Crippen LogP contribution in [-0.2, 0) is 11.3 Å². The highest BCUT2D eigenvalue weighted by Crippen LogP contribution is 2.08. The zero-order chi connectivity index (χ0) is 12.7. The highest BCUT2D eigenvalue weighted by atomic mass is 19.1. The summed E-state index contributed by atoms with van der Waals surface area (Å²) < 4.78 is 18.2. The molecule has 0 aliphatic rings. The molecule has 0 amide bonds. The lowest BCUT2D eigenvalue weighted by Gasteiger charge is -2.27. The molecular weight excluding hydrogens is 219 g/mol. The van der Waals surface area contributed by atoms with Gasteiger partial charge in [0.25, 0.3) is 0 Å². The van der Waals surface area contributed by atoms with Crippen molar-refractivity contribution in [1.82, 2.24) is 10.2 Å². The van der Waals surface area contributed by atoms with Crippen molar-refractivity contribution in [2.75, 3.05) is 34.4 Å². The molecule has 0 fully saturated rings. The highest BCUT2D eigenvalue weighted by Gasteiger charge is 2.14. The van der Waals surface area contributed by atoms with E-state index in [4.69, 9.17) is 4.74 Å². The molecule has 0 heterocycles. The third-order valence-electron chi connectivity index (χ3n) is 2.74. The molecule has 96 valence electrons. The first-order valence-electron chi connectivity index (χ1n) is 5.75. The fourth-order valence-electron chi connectivity index (χ4n) is 1.82. The molecule has 1 aromatic rings. The smallest absolute Gasteiger partial charge is 0.123 e. The Kier molecular flexibility index (Phi) is 6.11. The van der Waals surface area contributed by atoms with Gasteiger partial charge in [0.15, 0.2) is 0 Å². The van der Waals surface area contributed by atoms with Crippen LogP contribution in [0.2, 0.25) is 0 Å². The Labute approximate surface area is 103 Å². The van der Waals surface area contributed by atoms with Crippen molar-refractivity contribution in [2.45, 2.75) is 12.6 Å². The topological polar surface area (TPSA) is 24.5 Å². The van der Waals surface area contributed by atoms with Gasteiger partial charge >= 0.3 is 0 Å². The van der Waals surface area contributed by atoms with E-state index >= 15 is 0 Å². The van der Waals surface area contributed by atoms with Crippen molar-refractivity contribution >= 4 is 0 Å². The normalized spacial score (nSPS) is 13.0. The van der Waals surface area contributed by atoms with Gasteiger partial charge in [0, 0.05) is 26.2 Å². The van der Waals surface area contributed by atoms with Gasteiger partial charge in [0.05, 0.1) is 6.61 Å². The number of halogens is 1. The van der Waals surface area contributed by atoms with Crippen LogP contribution in [0.3, 0.4) is 0 Å². The van der Waals surface area contributed by atoms with Crippen molar-refractivity contribution in [2.24, 2.45) is 0 Å². The maximum Gasteiger partial charge on any atom is 0.123 e. The number of nitrogens with one attached hydrogen (secondary N) is 1. The molecule has 3 nitrogen and oxygen atoms in total. The van der Waals surface area contributed by atoms with E-state index in [1.54, 1.807) is 19.2 Å². The second-order valence-corrected chi connectivity index (χ2v) is 4.21. The lowest BCUT2D eigenvalue weighted by Crippen LogP contribution is -2.41. The Hall–Kier alpha value is -0.970. The number of methoxy groups -OCH3 is 1. The number of benzene rings is 1. The van der Waals surface area contributed by atoms with Crippen LogP contribution < -0.4 is 5.32 Å². The van der Waals surface area contributed by atoms with E-state index in [9.17, 15) is 4.39 Å². The van der Waals surface area contributed by atoms with Gasteiger partial charge in [-0.1, -0.05) is 12.1 Å². The van der Waals surface area contributed by atoms with Crippen LogP contribution >= 0.6 is 0 Å². The van der Waals surface area contributed by atoms with Crippen molar-refractivity contribution in [3.63, 3.8) is 0 Å². The summed E-state index contributed by atoms with van der Waals surface area (Å²) in [4.78, 5) is 2.16. The van der Waals surface area contributed by atoms with Crippen molar-refractivity contribution < 1.29 is 9.13 Å². The minimum absolute atomic E-state index is 0.187. The van der Waals surface area contributed by atoms with Gasteiger partial charge < -0.3 is 10.1 Å². The van der Waals surface area contributed by atoms with E-state index in [1.165, 1.54) is 6.07 Å². The molecule has 0 radical (unpaired) electrons. The molecule has 0 bridgehead atoms. The first-order chi connectivity index (χ1) is 8.17. The predicted molar refractivity (Wildman–Crippen MR) is 67.5 cm³/mol. The summed E-state index contributed by atoms with van der Waals surface area (Å²) in [6.07, 6.45) is 0. The molecule has 0 aliphatic heterocycles. The summed E-state index contributed by atoms with van der Waals surface area (Å²) in [5.41, 5.74) is 0.977. The van der Waals surface area contributed by atoms with Gasteiger partial charge in [-0.3, -0.25) is 4.90 Å². The lowest BCUT2D eigenvalue weighted by molar-refractivity contribution is 0.102. The molecule has 1 aromatic carbocycles. The number of ether oxygens (including phenoxy) is 1. The van der Waals surface area contributed by atoms with Gasteiger partial charge in [-0.2, -0.15) is 0 Å². The summed E-state index contributed by atoms with van der Waals surface area (Å²) in [5.74, 6) is -0.187. The number of hydrogen-bond acceptors (Lipinski definition) is 3. The molecule has 17 heavy (non-hydrogen) atoms. The van der Waals surface area contributed by atoms with Crippen molar-refractivity contribution in [1.29, 1.82) is 0 Å². The monoisotopic (exact) mass is 240 g/mol. The van der Waals surface area contributed by atoms with Crippen LogP contribution in [0.1, 0.15) is 5.56 Å². The van der Waals surface area contributed by atoms with Crippen LogP contribution in [0.5, 0.6) is 0 Å². The quantitative estimate of drug-likeness (QED) is 0.781. The fraction of sp³-hybridized carbons (Fsp3) is 0.538. The summed E-state index contributed by atoms with van der Waals surface area (Å²) in [6, 6.07) is 6.99. The van der Waals surface area contributed by atoms with Crippen LogP contribution in [0.25, 0.3) is 0 Å². The Morgan fingerprint density at radius 1 is 1.47 bits per heavy atom. The van der Waals surface area contributed by atoms with Crippen LogP contribution in [0.15, 0.2) is 24.3 Å². The Bertz CT molecular complexity index is 327. The van der Waals surface area contributed by atoms with E-state index in [2.05, 4.69) is 10.2 Å². The van der Waals surface area contributed by atoms with Gasteiger partial charge in [0.1, 0.15) is 5.82 Å². The van der Waals surface area contributed by atoms with E-state index < -0.39 is 0 Å². The average molecular weight is 240 g/mol. The zero-order valence-corrected chi connectivity index (χ0v) is 10.7. The molecule has 1 rings (SSSR count). The maximum atomic E-state index is 13.1. The minimum atomic E-state index is -0.187. The average Bonchev–Trinajstić information content (AvgIpc) is 2.28. The summed E-state index contributed by atoms with van der Waals surface area (Å²) in [7, 11) is 5.63. The van der Waals surface area contributed by atoms with E-state index in [-0.39, 0.29) is 11.9 Å². The largest absolute Gasteiger partial charge is 0.383 e. The van der Waals surface area contributed by atoms with Crippen molar-refractivity contribution in [3.8, 4) is 0 Å². The zero-order valence-electron chi connectivity index (χ0n) is 10.7. The van der Waals surface area contributed by atoms with E-state index in [0.717, 1.165) is 12.1 Å². The van der Waals surface area contributed by atoms with Gasteiger partial charge in [-0.25, -0.2) is 4.39 Å². The summed E-state index contributed by atoms with van der Waals surface area (Å²) >= 11 is 0. The third-order valence-corrected chi connectivity index (χ3v) is 2.74. The molecule has 1 N–H and O–H groups in total. The number of rotatable bonds is 7. The number of hydrogen-bond donors (Lipinski definition) is 1. The molecule has 1 unspecified atom stereocenters. The van der Waals surface area contributed by atoms with Crippen LogP contribution in [0, 0.1) is 5.82 Å². The van der Waals surface area contributed by atoms with Gasteiger partial charge in [-0.05, 0) is 31.8 Å². The van der Waals surface area contributed by atoms with Gasteiger partial charge in [0.2, 0.25) is 0 Å². The summed E-state index contributed by atoms with van der Waals surface area (Å²) in [6.45, 7) is 2.22. The second kappa shape index (κ2) is 7.37. The lowest BCUT2D eigenvalue weighted by atomic mass is 10.2. The highest BCUT2D eigenvalue weighted by molar-refractivity contribution is 5.16. The molecule has 1 atom stereocenters. The van der Waals surface area contributed by atoms with E-state index in [0.29, 0.717) is 13.2 Å². The fourth-order valence-corrected chi connectivity index (χ4v) is 1.82. The first kappa shape index (κ1) is 14.1. The molecule has 0 spiro atoms. The Balaban J connectivity index is 2.59. The SMILES string of the molecule is CNCC(COC)N(C)Cc1cccc(F)c1. The molecule has 0 saturated heterocycles. The predicted octanol–water partition coefficient (Wildman–Crippen LogP) is 1.49. The summed E-state index contributed by atoms with van der Waals surface area (Å²) in [5, 5.41) is 3.13. The van der Waals surface area contributed by atoms with Gasteiger partial charge in [-0.15, -0.1) is 0 Å². The standard InChI is InChI=1S/C13H21FN2O/c1-15-8-13(10-17-3)16(2)9-11-5-4-6-12(14)7-11/h4-7,13,15H,8-10H2,1-3H3. The van der Waals surface area contributed by atoms with Crippen LogP contribution in [-0.4, -0.2) is 45.3 Å². The maximum absolute atomic E-state index is 13.1. The molecule has 4 heteroatoms. The van der Waals surface area contributed by atoms with Crippen LogP contribution in [0.4, 0.5) is 4.39 Å². The van der Waals surface area contributed by atoms with Crippen molar-refractivity contribution in [3.05, 3.63) is 35.6 Å². The third kappa shape index (κ3) is 4.81. The second-order valence-electron chi connectivity index (χ2n) is 4.21.